The topological polar surface area (TPSA) is 88.2 Å². The predicted molar refractivity (Wildman–Crippen MR) is 116 cm³/mol. The summed E-state index contributed by atoms with van der Waals surface area (Å²) in [7, 11) is 0. The molecule has 3 N–H and O–H groups in total. The summed E-state index contributed by atoms with van der Waals surface area (Å²) in [6, 6.07) is 15.1. The van der Waals surface area contributed by atoms with Crippen LogP contribution in [0.2, 0.25) is 0 Å². The van der Waals surface area contributed by atoms with Crippen LogP contribution in [0.25, 0.3) is 10.6 Å². The van der Waals surface area contributed by atoms with Crippen LogP contribution in [-0.4, -0.2) is 34.7 Å². The molecule has 8 heteroatoms. The number of thiazole rings is 1. The highest BCUT2D eigenvalue weighted by molar-refractivity contribution is 7.13. The number of hydrogen-bond donors (Lipinski definition) is 3. The SMILES string of the molecule is C[C@H](Oc1cccc(NC(=O)Nc2csc(-c3ccccc3)n2)n1)C1CCCN1. The standard InChI is InChI=1S/C21H23N5O2S/c1-14(16-9-6-12-22-16)28-19-11-5-10-17(23-19)25-21(27)26-18-13-29-20(24-18)15-7-3-2-4-8-15/h2-5,7-8,10-11,13-14,16,22H,6,9,12H2,1H3,(H2,23,25,26,27)/t14-,16?/m0/s1. The number of rotatable bonds is 6. The molecule has 0 saturated carbocycles. The van der Waals surface area contributed by atoms with E-state index < -0.39 is 6.03 Å². The van der Waals surface area contributed by atoms with Crippen LogP contribution in [0.5, 0.6) is 5.88 Å². The average Bonchev–Trinajstić information content (AvgIpc) is 3.41. The second-order valence-electron chi connectivity index (χ2n) is 6.87. The van der Waals surface area contributed by atoms with E-state index in [4.69, 9.17) is 4.74 Å². The fraction of sp³-hybridized carbons (Fsp3) is 0.286. The summed E-state index contributed by atoms with van der Waals surface area (Å²) in [4.78, 5) is 21.2. The van der Waals surface area contributed by atoms with Crippen LogP contribution in [0.1, 0.15) is 19.8 Å². The van der Waals surface area contributed by atoms with Gasteiger partial charge in [-0.15, -0.1) is 11.3 Å². The van der Waals surface area contributed by atoms with Crippen molar-refractivity contribution in [1.82, 2.24) is 15.3 Å². The number of nitrogens with zero attached hydrogens (tertiary/aromatic N) is 2. The number of ether oxygens (including phenoxy) is 1. The molecule has 3 heterocycles. The van der Waals surface area contributed by atoms with E-state index >= 15 is 0 Å². The van der Waals surface area contributed by atoms with Gasteiger partial charge in [-0.2, -0.15) is 4.98 Å². The largest absolute Gasteiger partial charge is 0.473 e. The quantitative estimate of drug-likeness (QED) is 0.563. The minimum Gasteiger partial charge on any atom is -0.473 e. The number of hydrogen-bond acceptors (Lipinski definition) is 6. The Bertz CT molecular complexity index is 956. The van der Waals surface area contributed by atoms with E-state index in [2.05, 4.69) is 25.9 Å². The maximum atomic E-state index is 12.3. The Hall–Kier alpha value is -2.97. The molecule has 2 atom stereocenters. The van der Waals surface area contributed by atoms with E-state index in [1.54, 1.807) is 12.1 Å². The van der Waals surface area contributed by atoms with E-state index in [9.17, 15) is 4.79 Å². The van der Waals surface area contributed by atoms with Gasteiger partial charge in [0.05, 0.1) is 0 Å². The Morgan fingerprint density at radius 3 is 2.76 bits per heavy atom. The first kappa shape index (κ1) is 19.4. The van der Waals surface area contributed by atoms with E-state index in [-0.39, 0.29) is 6.10 Å². The highest BCUT2D eigenvalue weighted by Crippen LogP contribution is 2.25. The Kier molecular flexibility index (Phi) is 6.02. The molecular weight excluding hydrogens is 386 g/mol. The number of pyridine rings is 1. The Morgan fingerprint density at radius 1 is 1.14 bits per heavy atom. The Morgan fingerprint density at radius 2 is 1.97 bits per heavy atom. The van der Waals surface area contributed by atoms with Crippen LogP contribution in [0.4, 0.5) is 16.4 Å². The monoisotopic (exact) mass is 409 g/mol. The fourth-order valence-corrected chi connectivity index (χ4v) is 4.00. The van der Waals surface area contributed by atoms with Gasteiger partial charge < -0.3 is 10.1 Å². The number of nitrogens with one attached hydrogen (secondary N) is 3. The second-order valence-corrected chi connectivity index (χ2v) is 7.73. The molecule has 0 bridgehead atoms. The first-order chi connectivity index (χ1) is 14.2. The zero-order chi connectivity index (χ0) is 20.1. The first-order valence-electron chi connectivity index (χ1n) is 9.63. The number of carbonyl (C=O) groups excluding carboxylic acids is 1. The number of amides is 2. The van der Waals surface area contributed by atoms with Crippen molar-refractivity contribution in [2.24, 2.45) is 0 Å². The van der Waals surface area contributed by atoms with Crippen molar-refractivity contribution in [2.45, 2.75) is 31.9 Å². The molecule has 150 valence electrons. The molecule has 0 aliphatic carbocycles. The molecule has 4 rings (SSSR count). The molecule has 1 aliphatic rings. The molecule has 7 nitrogen and oxygen atoms in total. The summed E-state index contributed by atoms with van der Waals surface area (Å²) in [6.07, 6.45) is 2.27. The van der Waals surface area contributed by atoms with E-state index in [1.807, 2.05) is 48.7 Å². The van der Waals surface area contributed by atoms with Crippen LogP contribution in [-0.2, 0) is 0 Å². The number of anilines is 2. The molecule has 2 aromatic heterocycles. The lowest BCUT2D eigenvalue weighted by Crippen LogP contribution is -2.36. The third kappa shape index (κ3) is 5.10. The smallest absolute Gasteiger partial charge is 0.326 e. The molecule has 2 amide bonds. The zero-order valence-corrected chi connectivity index (χ0v) is 16.9. The van der Waals surface area contributed by atoms with E-state index in [0.29, 0.717) is 23.6 Å². The van der Waals surface area contributed by atoms with Crippen molar-refractivity contribution < 1.29 is 9.53 Å². The summed E-state index contributed by atoms with van der Waals surface area (Å²) >= 11 is 1.48. The second kappa shape index (κ2) is 9.02. The van der Waals surface area contributed by atoms with Crippen molar-refractivity contribution >= 4 is 29.0 Å². The fourth-order valence-electron chi connectivity index (χ4n) is 3.24. The minimum absolute atomic E-state index is 0.0143. The molecule has 0 spiro atoms. The number of benzene rings is 1. The van der Waals surface area contributed by atoms with Gasteiger partial charge in [-0.05, 0) is 32.4 Å². The summed E-state index contributed by atoms with van der Waals surface area (Å²) < 4.78 is 5.94. The molecule has 1 aliphatic heterocycles. The number of carbonyl (C=O) groups is 1. The third-order valence-electron chi connectivity index (χ3n) is 4.70. The van der Waals surface area contributed by atoms with Crippen LogP contribution in [0.15, 0.2) is 53.9 Å². The van der Waals surface area contributed by atoms with Crippen LogP contribution < -0.4 is 20.7 Å². The van der Waals surface area contributed by atoms with Gasteiger partial charge in [-0.1, -0.05) is 36.4 Å². The summed E-state index contributed by atoms with van der Waals surface area (Å²) in [6.45, 7) is 3.06. The van der Waals surface area contributed by atoms with Crippen molar-refractivity contribution in [3.05, 3.63) is 53.9 Å². The van der Waals surface area contributed by atoms with Crippen molar-refractivity contribution in [2.75, 3.05) is 17.2 Å². The van der Waals surface area contributed by atoms with Crippen LogP contribution in [0.3, 0.4) is 0 Å². The molecule has 3 aromatic rings. The van der Waals surface area contributed by atoms with Crippen LogP contribution in [0, 0.1) is 0 Å². The molecule has 1 fully saturated rings. The Balaban J connectivity index is 1.34. The maximum Gasteiger partial charge on any atom is 0.326 e. The van der Waals surface area contributed by atoms with Gasteiger partial charge >= 0.3 is 6.03 Å². The average molecular weight is 410 g/mol. The normalized spacial score (nSPS) is 16.9. The Labute approximate surface area is 173 Å². The zero-order valence-electron chi connectivity index (χ0n) is 16.1. The summed E-state index contributed by atoms with van der Waals surface area (Å²) in [5.74, 6) is 1.41. The van der Waals surface area contributed by atoms with Crippen molar-refractivity contribution in [1.29, 1.82) is 0 Å². The first-order valence-corrected chi connectivity index (χ1v) is 10.5. The lowest BCUT2D eigenvalue weighted by atomic mass is 10.1. The van der Waals surface area contributed by atoms with Gasteiger partial charge in [-0.3, -0.25) is 10.6 Å². The van der Waals surface area contributed by atoms with Gasteiger partial charge in [0.25, 0.3) is 0 Å². The van der Waals surface area contributed by atoms with E-state index in [1.165, 1.54) is 11.3 Å². The molecule has 1 saturated heterocycles. The summed E-state index contributed by atoms with van der Waals surface area (Å²) in [5, 5.41) is 11.6. The highest BCUT2D eigenvalue weighted by Gasteiger charge is 2.22. The lowest BCUT2D eigenvalue weighted by molar-refractivity contribution is 0.173. The summed E-state index contributed by atoms with van der Waals surface area (Å²) in [5.41, 5.74) is 1.02. The van der Waals surface area contributed by atoms with Gasteiger partial charge in [0, 0.05) is 23.1 Å². The molecule has 1 unspecified atom stereocenters. The van der Waals surface area contributed by atoms with Crippen molar-refractivity contribution in [3.8, 4) is 16.5 Å². The van der Waals surface area contributed by atoms with Crippen molar-refractivity contribution in [3.63, 3.8) is 0 Å². The minimum atomic E-state index is -0.398. The van der Waals surface area contributed by atoms with Gasteiger partial charge in [-0.25, -0.2) is 9.78 Å². The highest BCUT2D eigenvalue weighted by atomic mass is 32.1. The predicted octanol–water partition coefficient (Wildman–Crippen LogP) is 4.37. The van der Waals surface area contributed by atoms with E-state index in [0.717, 1.165) is 30.0 Å². The maximum absolute atomic E-state index is 12.3. The molecule has 1 aromatic carbocycles. The molecule has 29 heavy (non-hydrogen) atoms. The third-order valence-corrected chi connectivity index (χ3v) is 5.59. The number of urea groups is 1. The molecule has 0 radical (unpaired) electrons. The van der Waals surface area contributed by atoms with Crippen LogP contribution >= 0.6 is 11.3 Å². The van der Waals surface area contributed by atoms with Gasteiger partial charge in [0.15, 0.2) is 0 Å². The number of aromatic nitrogens is 2. The van der Waals surface area contributed by atoms with Gasteiger partial charge in [0.1, 0.15) is 22.7 Å². The molecular formula is C21H23N5O2S. The van der Waals surface area contributed by atoms with Gasteiger partial charge in [0.2, 0.25) is 5.88 Å². The lowest BCUT2D eigenvalue weighted by Gasteiger charge is -2.20.